The molecule has 0 bridgehead atoms. The Balaban J connectivity index is 2.83. The van der Waals surface area contributed by atoms with Gasteiger partial charge >= 0.3 is 6.18 Å². The lowest BCUT2D eigenvalue weighted by molar-refractivity contribution is -0.137. The van der Waals surface area contributed by atoms with E-state index in [-0.39, 0.29) is 6.04 Å². The van der Waals surface area contributed by atoms with Crippen LogP contribution in [0, 0.1) is 11.3 Å². The third-order valence-corrected chi connectivity index (χ3v) is 2.88. The summed E-state index contributed by atoms with van der Waals surface area (Å²) < 4.78 is 38.5. The molecular formula is C11H15F3N4. The molecule has 0 saturated carbocycles. The van der Waals surface area contributed by atoms with Gasteiger partial charge in [-0.15, -0.1) is 0 Å². The first-order chi connectivity index (χ1) is 8.22. The SMILES string of the molecule is CNC(C)(C#N)CC(C)n1cc(C(F)(F)F)cn1. The molecule has 18 heavy (non-hydrogen) atoms. The number of nitrogens with zero attached hydrogens (tertiary/aromatic N) is 3. The molecule has 1 aromatic rings. The fourth-order valence-corrected chi connectivity index (χ4v) is 1.61. The van der Waals surface area contributed by atoms with Crippen LogP contribution in [0.2, 0.25) is 0 Å². The summed E-state index contributed by atoms with van der Waals surface area (Å²) >= 11 is 0. The van der Waals surface area contributed by atoms with Gasteiger partial charge in [-0.05, 0) is 20.9 Å². The predicted octanol–water partition coefficient (Wildman–Crippen LogP) is 2.35. The smallest absolute Gasteiger partial charge is 0.303 e. The maximum atomic E-state index is 12.4. The summed E-state index contributed by atoms with van der Waals surface area (Å²) in [6, 6.07) is 1.78. The summed E-state index contributed by atoms with van der Waals surface area (Å²) in [7, 11) is 1.64. The van der Waals surface area contributed by atoms with Crippen LogP contribution in [-0.4, -0.2) is 22.4 Å². The summed E-state index contributed by atoms with van der Waals surface area (Å²) in [6.45, 7) is 3.41. The standard InChI is InChI=1S/C11H15F3N4/c1-8(4-10(2,7-15)16-3)18-6-9(5-17-18)11(12,13)14/h5-6,8,16H,4H2,1-3H3. The van der Waals surface area contributed by atoms with Crippen molar-refractivity contribution < 1.29 is 13.2 Å². The number of nitrogens with one attached hydrogen (secondary N) is 1. The van der Waals surface area contributed by atoms with Crippen LogP contribution in [-0.2, 0) is 6.18 Å². The normalized spacial score (nSPS) is 16.9. The molecule has 100 valence electrons. The van der Waals surface area contributed by atoms with Gasteiger partial charge in [0.2, 0.25) is 0 Å². The number of rotatable bonds is 4. The molecule has 1 N–H and O–H groups in total. The molecule has 0 aromatic carbocycles. The molecule has 0 amide bonds. The minimum absolute atomic E-state index is 0.307. The van der Waals surface area contributed by atoms with Gasteiger partial charge in [0.1, 0.15) is 5.54 Å². The summed E-state index contributed by atoms with van der Waals surface area (Å²) in [4.78, 5) is 0. The molecule has 1 heterocycles. The van der Waals surface area contributed by atoms with E-state index in [9.17, 15) is 13.2 Å². The number of aromatic nitrogens is 2. The summed E-state index contributed by atoms with van der Waals surface area (Å²) in [5.74, 6) is 0. The van der Waals surface area contributed by atoms with Crippen molar-refractivity contribution in [2.24, 2.45) is 0 Å². The molecule has 7 heteroatoms. The molecule has 0 saturated heterocycles. The Labute approximate surface area is 103 Å². The van der Waals surface area contributed by atoms with E-state index in [4.69, 9.17) is 5.26 Å². The maximum absolute atomic E-state index is 12.4. The Bertz CT molecular complexity index is 446. The zero-order valence-electron chi connectivity index (χ0n) is 10.4. The van der Waals surface area contributed by atoms with Crippen molar-refractivity contribution in [3.63, 3.8) is 0 Å². The summed E-state index contributed by atoms with van der Waals surface area (Å²) in [6.07, 6.45) is -2.28. The van der Waals surface area contributed by atoms with Crippen LogP contribution in [0.1, 0.15) is 31.9 Å². The fourth-order valence-electron chi connectivity index (χ4n) is 1.61. The Morgan fingerprint density at radius 3 is 2.56 bits per heavy atom. The van der Waals surface area contributed by atoms with Gasteiger partial charge < -0.3 is 5.32 Å². The minimum atomic E-state index is -4.39. The molecule has 1 aromatic heterocycles. The Kier molecular flexibility index (Phi) is 4.02. The first kappa shape index (κ1) is 14.5. The quantitative estimate of drug-likeness (QED) is 0.904. The zero-order valence-corrected chi connectivity index (χ0v) is 10.4. The van der Waals surface area contributed by atoms with Crippen LogP contribution in [0.5, 0.6) is 0 Å². The van der Waals surface area contributed by atoms with Crippen LogP contribution in [0.25, 0.3) is 0 Å². The van der Waals surface area contributed by atoms with Crippen molar-refractivity contribution in [1.82, 2.24) is 15.1 Å². The Morgan fingerprint density at radius 2 is 2.17 bits per heavy atom. The average Bonchev–Trinajstić information content (AvgIpc) is 2.77. The van der Waals surface area contributed by atoms with Gasteiger partial charge in [0.25, 0.3) is 0 Å². The molecule has 0 aliphatic heterocycles. The number of halogens is 3. The second kappa shape index (κ2) is 4.98. The fraction of sp³-hybridized carbons (Fsp3) is 0.636. The second-order valence-corrected chi connectivity index (χ2v) is 4.45. The van der Waals surface area contributed by atoms with Gasteiger partial charge in [0, 0.05) is 12.6 Å². The van der Waals surface area contributed by atoms with E-state index in [0.29, 0.717) is 6.42 Å². The van der Waals surface area contributed by atoms with Gasteiger partial charge in [-0.3, -0.25) is 4.68 Å². The molecule has 4 nitrogen and oxygen atoms in total. The van der Waals surface area contributed by atoms with Crippen LogP contribution >= 0.6 is 0 Å². The molecule has 0 aliphatic rings. The van der Waals surface area contributed by atoms with Crippen LogP contribution in [0.4, 0.5) is 13.2 Å². The highest BCUT2D eigenvalue weighted by Gasteiger charge is 2.33. The first-order valence-corrected chi connectivity index (χ1v) is 5.43. The predicted molar refractivity (Wildman–Crippen MR) is 59.6 cm³/mol. The third-order valence-electron chi connectivity index (χ3n) is 2.88. The van der Waals surface area contributed by atoms with Crippen LogP contribution in [0.15, 0.2) is 12.4 Å². The van der Waals surface area contributed by atoms with Crippen LogP contribution in [0.3, 0.4) is 0 Å². The Hall–Kier alpha value is -1.55. The van der Waals surface area contributed by atoms with E-state index < -0.39 is 17.3 Å². The molecular weight excluding hydrogens is 245 g/mol. The highest BCUT2D eigenvalue weighted by atomic mass is 19.4. The number of hydrogen-bond acceptors (Lipinski definition) is 3. The van der Waals surface area contributed by atoms with Crippen molar-refractivity contribution in [3.05, 3.63) is 18.0 Å². The molecule has 2 unspecified atom stereocenters. The lowest BCUT2D eigenvalue weighted by Gasteiger charge is -2.24. The van der Waals surface area contributed by atoms with Gasteiger partial charge in [-0.1, -0.05) is 0 Å². The average molecular weight is 260 g/mol. The van der Waals surface area contributed by atoms with E-state index in [0.717, 1.165) is 12.4 Å². The molecule has 2 atom stereocenters. The van der Waals surface area contributed by atoms with Crippen molar-refractivity contribution >= 4 is 0 Å². The van der Waals surface area contributed by atoms with Crippen LogP contribution < -0.4 is 5.32 Å². The van der Waals surface area contributed by atoms with E-state index >= 15 is 0 Å². The van der Waals surface area contributed by atoms with E-state index in [1.54, 1.807) is 20.9 Å². The van der Waals surface area contributed by atoms with Crippen molar-refractivity contribution in [2.45, 2.75) is 38.0 Å². The van der Waals surface area contributed by atoms with Crippen molar-refractivity contribution in [1.29, 1.82) is 5.26 Å². The van der Waals surface area contributed by atoms with Gasteiger partial charge in [0.15, 0.2) is 0 Å². The van der Waals surface area contributed by atoms with Gasteiger partial charge in [-0.2, -0.15) is 23.5 Å². The van der Waals surface area contributed by atoms with Gasteiger partial charge in [0.05, 0.1) is 23.9 Å². The highest BCUT2D eigenvalue weighted by Crippen LogP contribution is 2.30. The third kappa shape index (κ3) is 3.23. The highest BCUT2D eigenvalue weighted by molar-refractivity contribution is 5.10. The van der Waals surface area contributed by atoms with E-state index in [2.05, 4.69) is 16.5 Å². The maximum Gasteiger partial charge on any atom is 0.419 e. The number of alkyl halides is 3. The topological polar surface area (TPSA) is 53.6 Å². The number of nitriles is 1. The molecule has 0 radical (unpaired) electrons. The molecule has 0 aliphatic carbocycles. The minimum Gasteiger partial charge on any atom is -0.303 e. The molecule has 0 spiro atoms. The lowest BCUT2D eigenvalue weighted by atomic mass is 9.96. The van der Waals surface area contributed by atoms with Crippen molar-refractivity contribution in [3.8, 4) is 6.07 Å². The molecule has 0 fully saturated rings. The van der Waals surface area contributed by atoms with E-state index in [1.807, 2.05) is 0 Å². The summed E-state index contributed by atoms with van der Waals surface area (Å²) in [5, 5.41) is 15.5. The van der Waals surface area contributed by atoms with Gasteiger partial charge in [-0.25, -0.2) is 0 Å². The van der Waals surface area contributed by atoms with E-state index in [1.165, 1.54) is 4.68 Å². The lowest BCUT2D eigenvalue weighted by Crippen LogP contribution is -2.40. The first-order valence-electron chi connectivity index (χ1n) is 5.43. The largest absolute Gasteiger partial charge is 0.419 e. The zero-order chi connectivity index (χ0) is 14.0. The summed E-state index contributed by atoms with van der Waals surface area (Å²) in [5.41, 5.74) is -1.57. The Morgan fingerprint density at radius 1 is 1.56 bits per heavy atom. The number of hydrogen-bond donors (Lipinski definition) is 1. The molecule has 1 rings (SSSR count). The van der Waals surface area contributed by atoms with Crippen molar-refractivity contribution in [2.75, 3.05) is 7.05 Å². The second-order valence-electron chi connectivity index (χ2n) is 4.45. The monoisotopic (exact) mass is 260 g/mol.